The van der Waals surface area contributed by atoms with Gasteiger partial charge in [0.15, 0.2) is 5.11 Å². The summed E-state index contributed by atoms with van der Waals surface area (Å²) in [6.07, 6.45) is 0. The number of carbonyl (C=O) groups is 1. The molecule has 2 aromatic rings. The highest BCUT2D eigenvalue weighted by molar-refractivity contribution is 7.99. The minimum Gasteiger partial charge on any atom is -0.492 e. The maximum absolute atomic E-state index is 11.9. The van der Waals surface area contributed by atoms with Crippen molar-refractivity contribution in [3.05, 3.63) is 59.7 Å². The minimum atomic E-state index is -0.133. The van der Waals surface area contributed by atoms with Gasteiger partial charge in [-0.15, -0.1) is 11.8 Å². The molecule has 2 aromatic carbocycles. The van der Waals surface area contributed by atoms with Gasteiger partial charge in [0.25, 0.3) is 0 Å². The highest BCUT2D eigenvalue weighted by Crippen LogP contribution is 2.23. The Morgan fingerprint density at radius 2 is 1.85 bits per heavy atom. The van der Waals surface area contributed by atoms with Crippen LogP contribution in [0.15, 0.2) is 48.5 Å². The van der Waals surface area contributed by atoms with Crippen LogP contribution in [0.2, 0.25) is 0 Å². The molecular formula is C19H23N3O2S2. The first-order valence-corrected chi connectivity index (χ1v) is 9.86. The van der Waals surface area contributed by atoms with Crippen LogP contribution >= 0.6 is 24.0 Å². The van der Waals surface area contributed by atoms with E-state index in [-0.39, 0.29) is 5.91 Å². The predicted octanol–water partition coefficient (Wildman–Crippen LogP) is 3.64. The third-order valence-electron chi connectivity index (χ3n) is 3.50. The number of hydrogen-bond donors (Lipinski definition) is 3. The van der Waals surface area contributed by atoms with Gasteiger partial charge in [0.1, 0.15) is 5.75 Å². The molecule has 0 bridgehead atoms. The summed E-state index contributed by atoms with van der Waals surface area (Å²) in [5, 5.41) is 3.31. The summed E-state index contributed by atoms with van der Waals surface area (Å²) in [6, 6.07) is 15.7. The third-order valence-corrected chi connectivity index (χ3v) is 4.69. The Morgan fingerprint density at radius 1 is 1.12 bits per heavy atom. The van der Waals surface area contributed by atoms with Crippen LogP contribution in [0.25, 0.3) is 0 Å². The average molecular weight is 390 g/mol. The van der Waals surface area contributed by atoms with Gasteiger partial charge >= 0.3 is 0 Å². The number of carbonyl (C=O) groups excluding carboxylic acids is 1. The number of amides is 1. The fraction of sp³-hybridized carbons (Fsp3) is 0.263. The zero-order chi connectivity index (χ0) is 18.8. The van der Waals surface area contributed by atoms with Gasteiger partial charge in [-0.3, -0.25) is 15.6 Å². The van der Waals surface area contributed by atoms with Gasteiger partial charge in [0.2, 0.25) is 5.91 Å². The van der Waals surface area contributed by atoms with E-state index >= 15 is 0 Å². The van der Waals surface area contributed by atoms with Crippen molar-refractivity contribution in [2.45, 2.75) is 19.6 Å². The number of thioether (sulfide) groups is 1. The fourth-order valence-electron chi connectivity index (χ4n) is 2.19. The number of aryl methyl sites for hydroxylation is 1. The van der Waals surface area contributed by atoms with Crippen molar-refractivity contribution >= 4 is 40.7 Å². The Bertz CT molecular complexity index is 753. The molecule has 0 aliphatic rings. The second-order valence-electron chi connectivity index (χ2n) is 5.48. The molecule has 0 spiro atoms. The summed E-state index contributed by atoms with van der Waals surface area (Å²) >= 11 is 6.76. The van der Waals surface area contributed by atoms with Crippen molar-refractivity contribution in [1.82, 2.24) is 10.9 Å². The Hall–Kier alpha value is -2.25. The lowest BCUT2D eigenvalue weighted by molar-refractivity contribution is -0.119. The van der Waals surface area contributed by atoms with E-state index < -0.39 is 0 Å². The van der Waals surface area contributed by atoms with Crippen LogP contribution in [0.4, 0.5) is 5.69 Å². The molecule has 0 radical (unpaired) electrons. The number of hydrazine groups is 1. The minimum absolute atomic E-state index is 0.133. The standard InChI is InChI=1S/C19H23N3O2S2/c1-3-24-17-11-7-6-10-16(17)20-19(25)22-21-18(23)13-26-12-15-9-5-4-8-14(15)2/h4-11H,3,12-13H2,1-2H3,(H,21,23)(H2,20,22,25). The topological polar surface area (TPSA) is 62.4 Å². The van der Waals surface area contributed by atoms with Crippen LogP contribution in [-0.2, 0) is 10.5 Å². The maximum atomic E-state index is 11.9. The molecule has 7 heteroatoms. The third kappa shape index (κ3) is 6.57. The highest BCUT2D eigenvalue weighted by Gasteiger charge is 2.06. The van der Waals surface area contributed by atoms with E-state index in [1.54, 1.807) is 11.8 Å². The SMILES string of the molecule is CCOc1ccccc1NC(=S)NNC(=O)CSCc1ccccc1C. The van der Waals surface area contributed by atoms with Gasteiger partial charge in [0, 0.05) is 5.75 Å². The number of nitrogens with one attached hydrogen (secondary N) is 3. The molecule has 0 aliphatic carbocycles. The second-order valence-corrected chi connectivity index (χ2v) is 6.87. The number of anilines is 1. The molecule has 0 aliphatic heterocycles. The lowest BCUT2D eigenvalue weighted by Crippen LogP contribution is -2.44. The Morgan fingerprint density at radius 3 is 2.62 bits per heavy atom. The number of para-hydroxylation sites is 2. The first-order valence-electron chi connectivity index (χ1n) is 8.30. The van der Waals surface area contributed by atoms with Gasteiger partial charge in [-0.1, -0.05) is 36.4 Å². The molecule has 0 saturated carbocycles. The summed E-state index contributed by atoms with van der Waals surface area (Å²) in [6.45, 7) is 4.55. The van der Waals surface area contributed by atoms with Gasteiger partial charge in [-0.25, -0.2) is 0 Å². The molecule has 0 saturated heterocycles. The van der Waals surface area contributed by atoms with Gasteiger partial charge < -0.3 is 10.1 Å². The van der Waals surface area contributed by atoms with Crippen molar-refractivity contribution in [2.24, 2.45) is 0 Å². The van der Waals surface area contributed by atoms with E-state index in [1.807, 2.05) is 43.3 Å². The van der Waals surface area contributed by atoms with Crippen molar-refractivity contribution < 1.29 is 9.53 Å². The van der Waals surface area contributed by atoms with Crippen LogP contribution in [0, 0.1) is 6.92 Å². The Labute approximate surface area is 163 Å². The first-order chi connectivity index (χ1) is 12.6. The summed E-state index contributed by atoms with van der Waals surface area (Å²) in [5.41, 5.74) is 8.53. The van der Waals surface area contributed by atoms with Gasteiger partial charge in [0.05, 0.1) is 18.0 Å². The highest BCUT2D eigenvalue weighted by atomic mass is 32.2. The van der Waals surface area contributed by atoms with E-state index in [1.165, 1.54) is 11.1 Å². The second kappa shape index (κ2) is 10.7. The Balaban J connectivity index is 1.72. The van der Waals surface area contributed by atoms with Gasteiger partial charge in [-0.2, -0.15) is 0 Å². The molecule has 0 unspecified atom stereocenters. The van der Waals surface area contributed by atoms with E-state index in [0.29, 0.717) is 23.2 Å². The van der Waals surface area contributed by atoms with E-state index in [0.717, 1.165) is 11.4 Å². The molecule has 138 valence electrons. The summed E-state index contributed by atoms with van der Waals surface area (Å²) in [4.78, 5) is 11.9. The predicted molar refractivity (Wildman–Crippen MR) is 112 cm³/mol. The van der Waals surface area contributed by atoms with Crippen LogP contribution in [0.1, 0.15) is 18.1 Å². The molecule has 0 aromatic heterocycles. The molecule has 0 atom stereocenters. The smallest absolute Gasteiger partial charge is 0.248 e. The summed E-state index contributed by atoms with van der Waals surface area (Å²) in [7, 11) is 0. The zero-order valence-electron chi connectivity index (χ0n) is 14.9. The molecule has 1 amide bonds. The molecule has 3 N–H and O–H groups in total. The van der Waals surface area contributed by atoms with Crippen LogP contribution in [-0.4, -0.2) is 23.4 Å². The van der Waals surface area contributed by atoms with Crippen molar-refractivity contribution in [1.29, 1.82) is 0 Å². The van der Waals surface area contributed by atoms with Crippen molar-refractivity contribution in [3.63, 3.8) is 0 Å². The molecule has 0 fully saturated rings. The summed E-state index contributed by atoms with van der Waals surface area (Å²) < 4.78 is 5.53. The molecule has 26 heavy (non-hydrogen) atoms. The molecule has 5 nitrogen and oxygen atoms in total. The monoisotopic (exact) mass is 389 g/mol. The normalized spacial score (nSPS) is 10.1. The quantitative estimate of drug-likeness (QED) is 0.496. The van der Waals surface area contributed by atoms with Gasteiger partial charge in [-0.05, 0) is 49.3 Å². The van der Waals surface area contributed by atoms with E-state index in [9.17, 15) is 4.79 Å². The van der Waals surface area contributed by atoms with Crippen molar-refractivity contribution in [2.75, 3.05) is 17.7 Å². The first kappa shape index (κ1) is 20.1. The lowest BCUT2D eigenvalue weighted by atomic mass is 10.1. The number of ether oxygens (including phenoxy) is 1. The summed E-state index contributed by atoms with van der Waals surface area (Å²) in [5.74, 6) is 1.72. The number of rotatable bonds is 7. The largest absolute Gasteiger partial charge is 0.492 e. The number of benzene rings is 2. The molecular weight excluding hydrogens is 366 g/mol. The van der Waals surface area contributed by atoms with Crippen LogP contribution in [0.5, 0.6) is 5.75 Å². The number of hydrogen-bond acceptors (Lipinski definition) is 4. The molecule has 0 heterocycles. The number of thiocarbonyl (C=S) groups is 1. The fourth-order valence-corrected chi connectivity index (χ4v) is 3.26. The lowest BCUT2D eigenvalue weighted by Gasteiger charge is -2.14. The zero-order valence-corrected chi connectivity index (χ0v) is 16.5. The average Bonchev–Trinajstić information content (AvgIpc) is 2.63. The maximum Gasteiger partial charge on any atom is 0.248 e. The van der Waals surface area contributed by atoms with E-state index in [2.05, 4.69) is 35.2 Å². The van der Waals surface area contributed by atoms with E-state index in [4.69, 9.17) is 17.0 Å². The van der Waals surface area contributed by atoms with Crippen LogP contribution in [0.3, 0.4) is 0 Å². The van der Waals surface area contributed by atoms with Crippen LogP contribution < -0.4 is 20.9 Å². The Kier molecular flexibility index (Phi) is 8.24. The molecule has 2 rings (SSSR count). The van der Waals surface area contributed by atoms with Crippen molar-refractivity contribution in [3.8, 4) is 5.75 Å².